The van der Waals surface area contributed by atoms with E-state index in [1.807, 2.05) is 0 Å². The number of amides is 1. The highest BCUT2D eigenvalue weighted by Crippen LogP contribution is 2.31. The third kappa shape index (κ3) is 5.64. The number of anilines is 1. The topological polar surface area (TPSA) is 84.3 Å². The minimum absolute atomic E-state index is 0.131. The van der Waals surface area contributed by atoms with Gasteiger partial charge >= 0.3 is 0 Å². The van der Waals surface area contributed by atoms with Gasteiger partial charge in [0.05, 0.1) is 4.92 Å². The summed E-state index contributed by atoms with van der Waals surface area (Å²) >= 11 is 23.6. The maximum absolute atomic E-state index is 12.3. The SMILES string of the molecule is O=C(N[C@@H](Nc1ccc(Cl)cc1)C(Cl)(Cl)Cl)c1ccc([N+](=O)[O-])cc1. The molecule has 0 saturated carbocycles. The van der Waals surface area contributed by atoms with Gasteiger partial charge in [0.2, 0.25) is 3.79 Å². The van der Waals surface area contributed by atoms with E-state index in [1.165, 1.54) is 24.3 Å². The summed E-state index contributed by atoms with van der Waals surface area (Å²) in [4.78, 5) is 22.4. The standard InChI is InChI=1S/C15H11Cl4N3O3/c16-10-3-5-11(6-4-10)20-14(15(17,18)19)21-13(23)9-1-7-12(8-2-9)22(24)25/h1-8,14,20H,(H,21,23)/t14-/m1/s1. The van der Waals surface area contributed by atoms with Gasteiger partial charge in [0.25, 0.3) is 11.6 Å². The molecular formula is C15H11Cl4N3O3. The highest BCUT2D eigenvalue weighted by Gasteiger charge is 2.34. The second-order valence-electron chi connectivity index (χ2n) is 4.90. The first-order valence-corrected chi connectivity index (χ1v) is 8.32. The van der Waals surface area contributed by atoms with Gasteiger partial charge in [-0.25, -0.2) is 0 Å². The fourth-order valence-electron chi connectivity index (χ4n) is 1.86. The summed E-state index contributed by atoms with van der Waals surface area (Å²) < 4.78 is -1.85. The molecule has 0 bridgehead atoms. The summed E-state index contributed by atoms with van der Waals surface area (Å²) in [6.45, 7) is 0. The van der Waals surface area contributed by atoms with Gasteiger partial charge in [-0.3, -0.25) is 14.9 Å². The third-order valence-corrected chi connectivity index (χ3v) is 4.00. The lowest BCUT2D eigenvalue weighted by atomic mass is 10.2. The van der Waals surface area contributed by atoms with Gasteiger partial charge in [-0.2, -0.15) is 0 Å². The van der Waals surface area contributed by atoms with E-state index in [9.17, 15) is 14.9 Å². The Hall–Kier alpha value is -1.73. The number of hydrogen-bond acceptors (Lipinski definition) is 4. The molecule has 0 fully saturated rings. The van der Waals surface area contributed by atoms with Crippen molar-refractivity contribution >= 4 is 63.7 Å². The highest BCUT2D eigenvalue weighted by molar-refractivity contribution is 6.68. The van der Waals surface area contributed by atoms with Crippen molar-refractivity contribution in [3.63, 3.8) is 0 Å². The van der Waals surface area contributed by atoms with Gasteiger partial charge < -0.3 is 10.6 Å². The predicted molar refractivity (Wildman–Crippen MR) is 99.7 cm³/mol. The minimum Gasteiger partial charge on any atom is -0.362 e. The van der Waals surface area contributed by atoms with Crippen LogP contribution in [-0.4, -0.2) is 20.8 Å². The summed E-state index contributed by atoms with van der Waals surface area (Å²) in [5, 5.41) is 16.6. The Morgan fingerprint density at radius 3 is 2.08 bits per heavy atom. The average molecular weight is 423 g/mol. The van der Waals surface area contributed by atoms with Crippen molar-refractivity contribution in [2.24, 2.45) is 0 Å². The molecule has 0 aliphatic heterocycles. The lowest BCUT2D eigenvalue weighted by Gasteiger charge is -2.27. The number of hydrogen-bond donors (Lipinski definition) is 2. The van der Waals surface area contributed by atoms with Crippen LogP contribution in [-0.2, 0) is 0 Å². The van der Waals surface area contributed by atoms with E-state index in [2.05, 4.69) is 10.6 Å². The van der Waals surface area contributed by atoms with E-state index >= 15 is 0 Å². The molecule has 0 aromatic heterocycles. The molecule has 132 valence electrons. The van der Waals surface area contributed by atoms with E-state index in [4.69, 9.17) is 46.4 Å². The zero-order valence-electron chi connectivity index (χ0n) is 12.4. The van der Waals surface area contributed by atoms with Crippen molar-refractivity contribution in [3.05, 3.63) is 69.2 Å². The number of nitrogens with one attached hydrogen (secondary N) is 2. The van der Waals surface area contributed by atoms with E-state index < -0.39 is 20.8 Å². The molecule has 10 heteroatoms. The number of non-ortho nitro benzene ring substituents is 1. The van der Waals surface area contributed by atoms with Gasteiger partial charge in [0.15, 0.2) is 0 Å². The number of nitro groups is 1. The Bertz CT molecular complexity index is 761. The van der Waals surface area contributed by atoms with Crippen molar-refractivity contribution in [2.45, 2.75) is 9.96 Å². The van der Waals surface area contributed by atoms with E-state index in [0.717, 1.165) is 0 Å². The average Bonchev–Trinajstić information content (AvgIpc) is 2.55. The van der Waals surface area contributed by atoms with Crippen molar-refractivity contribution in [2.75, 3.05) is 5.32 Å². The molecule has 0 heterocycles. The van der Waals surface area contributed by atoms with E-state index in [-0.39, 0.29) is 11.3 Å². The first-order valence-electron chi connectivity index (χ1n) is 6.81. The molecule has 0 aliphatic carbocycles. The molecule has 2 aromatic carbocycles. The van der Waals surface area contributed by atoms with Gasteiger partial charge in [0, 0.05) is 28.4 Å². The van der Waals surface area contributed by atoms with Crippen molar-refractivity contribution in [1.29, 1.82) is 0 Å². The van der Waals surface area contributed by atoms with Crippen molar-refractivity contribution < 1.29 is 9.72 Å². The van der Waals surface area contributed by atoms with Crippen LogP contribution in [0, 0.1) is 10.1 Å². The zero-order chi connectivity index (χ0) is 18.6. The fourth-order valence-corrected chi connectivity index (χ4v) is 2.31. The van der Waals surface area contributed by atoms with Crippen molar-refractivity contribution in [1.82, 2.24) is 5.32 Å². The van der Waals surface area contributed by atoms with Crippen LogP contribution < -0.4 is 10.6 Å². The zero-order valence-corrected chi connectivity index (χ0v) is 15.4. The molecule has 2 aromatic rings. The normalized spacial score (nSPS) is 12.3. The number of carbonyl (C=O) groups is 1. The summed E-state index contributed by atoms with van der Waals surface area (Å²) in [6.07, 6.45) is -1.05. The van der Waals surface area contributed by atoms with Crippen LogP contribution in [0.25, 0.3) is 0 Å². The second-order valence-corrected chi connectivity index (χ2v) is 7.71. The fraction of sp³-hybridized carbons (Fsp3) is 0.133. The molecule has 6 nitrogen and oxygen atoms in total. The molecule has 2 rings (SSSR count). The Kier molecular flexibility index (Phi) is 6.35. The van der Waals surface area contributed by atoms with Gasteiger partial charge in [0.1, 0.15) is 6.17 Å². The maximum Gasteiger partial charge on any atom is 0.269 e. The van der Waals surface area contributed by atoms with Crippen LogP contribution in [0.1, 0.15) is 10.4 Å². The third-order valence-electron chi connectivity index (χ3n) is 3.10. The number of nitro benzene ring substituents is 1. The number of benzene rings is 2. The van der Waals surface area contributed by atoms with Crippen molar-refractivity contribution in [3.8, 4) is 0 Å². The number of carbonyl (C=O) groups excluding carboxylic acids is 1. The van der Waals surface area contributed by atoms with Gasteiger partial charge in [-0.05, 0) is 36.4 Å². The van der Waals surface area contributed by atoms with Crippen LogP contribution in [0.15, 0.2) is 48.5 Å². The Labute approximate surface area is 163 Å². The quantitative estimate of drug-likeness (QED) is 0.314. The predicted octanol–water partition coefficient (Wildman–Crippen LogP) is 4.79. The molecule has 0 spiro atoms. The second kappa shape index (κ2) is 8.10. The molecule has 0 unspecified atom stereocenters. The molecule has 2 N–H and O–H groups in total. The molecule has 25 heavy (non-hydrogen) atoms. The lowest BCUT2D eigenvalue weighted by molar-refractivity contribution is -0.384. The Morgan fingerprint density at radius 1 is 1.04 bits per heavy atom. The number of rotatable bonds is 5. The van der Waals surface area contributed by atoms with Gasteiger partial charge in [-0.15, -0.1) is 0 Å². The summed E-state index contributed by atoms with van der Waals surface area (Å²) in [7, 11) is 0. The molecule has 0 saturated heterocycles. The van der Waals surface area contributed by atoms with Crippen LogP contribution in [0.5, 0.6) is 0 Å². The van der Waals surface area contributed by atoms with E-state index in [0.29, 0.717) is 10.7 Å². The molecule has 1 amide bonds. The number of nitrogens with zero attached hydrogens (tertiary/aromatic N) is 1. The Morgan fingerprint density at radius 2 is 1.60 bits per heavy atom. The highest BCUT2D eigenvalue weighted by atomic mass is 35.6. The van der Waals surface area contributed by atoms with Gasteiger partial charge in [-0.1, -0.05) is 46.4 Å². The first kappa shape index (κ1) is 19.6. The molecular weight excluding hydrogens is 412 g/mol. The monoisotopic (exact) mass is 421 g/mol. The number of alkyl halides is 3. The number of halogens is 4. The van der Waals surface area contributed by atoms with Crippen LogP contribution >= 0.6 is 46.4 Å². The largest absolute Gasteiger partial charge is 0.362 e. The first-order chi connectivity index (χ1) is 11.7. The smallest absolute Gasteiger partial charge is 0.269 e. The molecule has 0 radical (unpaired) electrons. The summed E-state index contributed by atoms with van der Waals surface area (Å²) in [5.41, 5.74) is 0.626. The summed E-state index contributed by atoms with van der Waals surface area (Å²) in [5.74, 6) is -0.562. The molecule has 0 aliphatic rings. The molecule has 1 atom stereocenters. The lowest BCUT2D eigenvalue weighted by Crippen LogP contribution is -2.49. The Balaban J connectivity index is 2.14. The van der Waals surface area contributed by atoms with Crippen LogP contribution in [0.4, 0.5) is 11.4 Å². The maximum atomic E-state index is 12.3. The van der Waals surface area contributed by atoms with Crippen LogP contribution in [0.2, 0.25) is 5.02 Å². The van der Waals surface area contributed by atoms with E-state index in [1.54, 1.807) is 24.3 Å². The summed E-state index contributed by atoms with van der Waals surface area (Å²) in [6, 6.07) is 11.6. The minimum atomic E-state index is -1.85. The van der Waals surface area contributed by atoms with Crippen LogP contribution in [0.3, 0.4) is 0 Å².